The molecular weight excluding hydrogens is 488 g/mol. The fourth-order valence-corrected chi connectivity index (χ4v) is 5.22. The molecule has 0 N–H and O–H groups in total. The van der Waals surface area contributed by atoms with Gasteiger partial charge >= 0.3 is 5.97 Å². The number of thiazole rings is 1. The van der Waals surface area contributed by atoms with E-state index in [0.717, 1.165) is 22.6 Å². The van der Waals surface area contributed by atoms with Crippen molar-refractivity contribution in [1.29, 1.82) is 0 Å². The molecule has 7 nitrogen and oxygen atoms in total. The molecule has 4 rings (SSSR count). The molecule has 0 fully saturated rings. The lowest BCUT2D eigenvalue weighted by Gasteiger charge is -2.25. The van der Waals surface area contributed by atoms with Crippen molar-refractivity contribution in [2.24, 2.45) is 4.99 Å². The normalized spacial score (nSPS) is 15.6. The van der Waals surface area contributed by atoms with Crippen LogP contribution in [-0.2, 0) is 9.53 Å². The third-order valence-corrected chi connectivity index (χ3v) is 6.62. The highest BCUT2D eigenvalue weighted by Gasteiger charge is 2.33. The largest absolute Gasteiger partial charge is 0.491 e. The van der Waals surface area contributed by atoms with Gasteiger partial charge < -0.3 is 14.2 Å². The minimum atomic E-state index is -0.660. The number of hydrogen-bond acceptors (Lipinski definition) is 7. The summed E-state index contributed by atoms with van der Waals surface area (Å²) in [5.41, 5.74) is 2.32. The summed E-state index contributed by atoms with van der Waals surface area (Å²) in [7, 11) is 0. The van der Waals surface area contributed by atoms with Crippen LogP contribution in [0, 0.1) is 0 Å². The van der Waals surface area contributed by atoms with E-state index in [2.05, 4.69) is 4.99 Å². The summed E-state index contributed by atoms with van der Waals surface area (Å²) in [6, 6.07) is 14.4. The van der Waals surface area contributed by atoms with E-state index in [9.17, 15) is 9.59 Å². The van der Waals surface area contributed by atoms with Gasteiger partial charge in [-0.25, -0.2) is 9.79 Å². The lowest BCUT2D eigenvalue weighted by molar-refractivity contribution is -0.139. The molecule has 0 spiro atoms. The average molecular weight is 521 g/mol. The van der Waals surface area contributed by atoms with E-state index < -0.39 is 12.0 Å². The fourth-order valence-electron chi connectivity index (χ4n) is 4.17. The average Bonchev–Trinajstić information content (AvgIpc) is 3.13. The highest BCUT2D eigenvalue weighted by Crippen LogP contribution is 2.31. The summed E-state index contributed by atoms with van der Waals surface area (Å²) in [4.78, 5) is 31.9. The van der Waals surface area contributed by atoms with Gasteiger partial charge in [0.05, 0.1) is 40.7 Å². The van der Waals surface area contributed by atoms with E-state index in [4.69, 9.17) is 14.2 Å². The quantitative estimate of drug-likeness (QED) is 0.412. The molecular formula is C29H32N2O5S. The lowest BCUT2D eigenvalue weighted by Crippen LogP contribution is -2.39. The lowest BCUT2D eigenvalue weighted by atomic mass is 9.96. The first-order chi connectivity index (χ1) is 17.7. The molecule has 1 atom stereocenters. The maximum Gasteiger partial charge on any atom is 0.338 e. The van der Waals surface area contributed by atoms with Crippen molar-refractivity contribution >= 4 is 23.4 Å². The van der Waals surface area contributed by atoms with Crippen molar-refractivity contribution in [3.63, 3.8) is 0 Å². The summed E-state index contributed by atoms with van der Waals surface area (Å²) < 4.78 is 19.0. The number of carbonyl (C=O) groups excluding carboxylic acids is 1. The van der Waals surface area contributed by atoms with Gasteiger partial charge in [-0.2, -0.15) is 0 Å². The van der Waals surface area contributed by atoms with Crippen molar-refractivity contribution in [3.05, 3.63) is 90.6 Å². The molecule has 1 aromatic heterocycles. The predicted molar refractivity (Wildman–Crippen MR) is 145 cm³/mol. The number of nitrogens with zero attached hydrogens (tertiary/aromatic N) is 2. The molecule has 0 unspecified atom stereocenters. The number of carbonyl (C=O) groups is 1. The Balaban J connectivity index is 1.82. The van der Waals surface area contributed by atoms with E-state index in [1.807, 2.05) is 82.3 Å². The Labute approximate surface area is 220 Å². The molecule has 0 amide bonds. The minimum absolute atomic E-state index is 0.0340. The van der Waals surface area contributed by atoms with E-state index in [-0.39, 0.29) is 24.4 Å². The van der Waals surface area contributed by atoms with Crippen LogP contribution in [0.25, 0.3) is 6.08 Å². The molecule has 1 aliphatic rings. The zero-order valence-electron chi connectivity index (χ0n) is 22.0. The number of benzene rings is 2. The smallest absolute Gasteiger partial charge is 0.338 e. The van der Waals surface area contributed by atoms with Crippen LogP contribution in [0.15, 0.2) is 69.6 Å². The molecule has 0 saturated carbocycles. The number of allylic oxidation sites excluding steroid dienone is 1. The zero-order valence-corrected chi connectivity index (χ0v) is 22.8. The number of rotatable bonds is 8. The third kappa shape index (κ3) is 5.85. The number of aromatic nitrogens is 1. The Morgan fingerprint density at radius 1 is 1.00 bits per heavy atom. The number of fused-ring (bicyclic) bond motifs is 1. The molecule has 37 heavy (non-hydrogen) atoms. The van der Waals surface area contributed by atoms with E-state index >= 15 is 0 Å². The minimum Gasteiger partial charge on any atom is -0.491 e. The third-order valence-electron chi connectivity index (χ3n) is 5.63. The molecule has 2 heterocycles. The van der Waals surface area contributed by atoms with Crippen LogP contribution in [0.2, 0.25) is 0 Å². The second kappa shape index (κ2) is 11.2. The summed E-state index contributed by atoms with van der Waals surface area (Å²) in [5.74, 6) is 1.01. The number of hydrogen-bond donors (Lipinski definition) is 0. The highest BCUT2D eigenvalue weighted by atomic mass is 32.1. The van der Waals surface area contributed by atoms with Gasteiger partial charge in [-0.15, -0.1) is 0 Å². The van der Waals surface area contributed by atoms with Crippen LogP contribution in [0.1, 0.15) is 58.7 Å². The second-order valence-corrected chi connectivity index (χ2v) is 10.3. The predicted octanol–water partition coefficient (Wildman–Crippen LogP) is 4.37. The molecule has 3 aromatic rings. The summed E-state index contributed by atoms with van der Waals surface area (Å²) in [6.45, 7) is 11.6. The van der Waals surface area contributed by atoms with Gasteiger partial charge in [0.1, 0.15) is 11.5 Å². The monoisotopic (exact) mass is 520 g/mol. The molecule has 0 radical (unpaired) electrons. The first-order valence-electron chi connectivity index (χ1n) is 12.4. The molecule has 1 aliphatic heterocycles. The van der Waals surface area contributed by atoms with Gasteiger partial charge in [0.2, 0.25) is 0 Å². The molecule has 2 aromatic carbocycles. The molecule has 194 valence electrons. The molecule has 8 heteroatoms. The summed E-state index contributed by atoms with van der Waals surface area (Å²) in [5, 5.41) is 0. The van der Waals surface area contributed by atoms with Gasteiger partial charge in [0.15, 0.2) is 4.80 Å². The van der Waals surface area contributed by atoms with Gasteiger partial charge in [-0.05, 0) is 83.0 Å². The van der Waals surface area contributed by atoms with Crippen LogP contribution in [0.4, 0.5) is 0 Å². The van der Waals surface area contributed by atoms with Crippen molar-refractivity contribution in [1.82, 2.24) is 4.57 Å². The van der Waals surface area contributed by atoms with E-state index in [1.54, 1.807) is 18.4 Å². The van der Waals surface area contributed by atoms with Gasteiger partial charge in [0.25, 0.3) is 5.56 Å². The Morgan fingerprint density at radius 2 is 1.57 bits per heavy atom. The Bertz CT molecular complexity index is 1480. The Hall–Kier alpha value is -3.65. The van der Waals surface area contributed by atoms with Crippen LogP contribution < -0.4 is 24.4 Å². The summed E-state index contributed by atoms with van der Waals surface area (Å²) in [6.07, 6.45) is 1.95. The van der Waals surface area contributed by atoms with Crippen LogP contribution in [0.5, 0.6) is 11.5 Å². The summed E-state index contributed by atoms with van der Waals surface area (Å²) >= 11 is 1.30. The van der Waals surface area contributed by atoms with Crippen molar-refractivity contribution in [3.8, 4) is 11.5 Å². The number of ether oxygens (including phenoxy) is 3. The fraction of sp³-hybridized carbons (Fsp3) is 0.345. The number of esters is 1. The molecule has 0 aliphatic carbocycles. The standard InChI is InChI=1S/C29H32N2O5S/c1-7-34-28(33)25-19(6)30-29-31(26(25)21-10-14-23(15-11-21)36-18(4)5)27(32)24(37-29)16-20-8-12-22(13-9-20)35-17(2)3/h8-18,26H,7H2,1-6H3/b24-16+/t26-/m1/s1. The van der Waals surface area contributed by atoms with E-state index in [0.29, 0.717) is 20.6 Å². The first kappa shape index (κ1) is 26.4. The SMILES string of the molecule is CCOC(=O)C1=C(C)N=c2s/c(=C/c3ccc(OC(C)C)cc3)c(=O)n2[C@@H]1c1ccc(OC(C)C)cc1. The van der Waals surface area contributed by atoms with Gasteiger partial charge in [0, 0.05) is 0 Å². The maximum absolute atomic E-state index is 13.7. The Kier molecular flexibility index (Phi) is 7.97. The first-order valence-corrected chi connectivity index (χ1v) is 13.2. The topological polar surface area (TPSA) is 79.1 Å². The van der Waals surface area contributed by atoms with Crippen LogP contribution in [0.3, 0.4) is 0 Å². The van der Waals surface area contributed by atoms with Crippen LogP contribution >= 0.6 is 11.3 Å². The van der Waals surface area contributed by atoms with E-state index in [1.165, 1.54) is 11.3 Å². The van der Waals surface area contributed by atoms with Gasteiger partial charge in [-0.3, -0.25) is 9.36 Å². The second-order valence-electron chi connectivity index (χ2n) is 9.27. The van der Waals surface area contributed by atoms with Gasteiger partial charge in [-0.1, -0.05) is 35.6 Å². The molecule has 0 bridgehead atoms. The maximum atomic E-state index is 13.7. The molecule has 0 saturated heterocycles. The zero-order chi connectivity index (χ0) is 26.7. The highest BCUT2D eigenvalue weighted by molar-refractivity contribution is 7.07. The van der Waals surface area contributed by atoms with Crippen molar-refractivity contribution in [2.45, 2.75) is 59.8 Å². The van der Waals surface area contributed by atoms with Crippen molar-refractivity contribution in [2.75, 3.05) is 6.61 Å². The Morgan fingerprint density at radius 3 is 2.11 bits per heavy atom. The van der Waals surface area contributed by atoms with Crippen molar-refractivity contribution < 1.29 is 19.0 Å². The van der Waals surface area contributed by atoms with Crippen LogP contribution in [-0.4, -0.2) is 29.4 Å².